The van der Waals surface area contributed by atoms with Gasteiger partial charge in [0.2, 0.25) is 0 Å². The van der Waals surface area contributed by atoms with Gasteiger partial charge in [-0.15, -0.1) is 0 Å². The van der Waals surface area contributed by atoms with E-state index in [0.717, 1.165) is 18.2 Å². The summed E-state index contributed by atoms with van der Waals surface area (Å²) in [6.45, 7) is 9.07. The molecule has 0 fully saturated rings. The molecular weight excluding hydrogens is 225 g/mol. The fourth-order valence-electron chi connectivity index (χ4n) is 0. The second-order valence-corrected chi connectivity index (χ2v) is 1.71. The van der Waals surface area contributed by atoms with Crippen LogP contribution in [0.1, 0.15) is 0 Å². The van der Waals surface area contributed by atoms with E-state index in [1.807, 2.05) is 0 Å². The van der Waals surface area contributed by atoms with Gasteiger partial charge in [-0.2, -0.15) is 0 Å². The Morgan fingerprint density at radius 2 is 0.750 bits per heavy atom. The molecule has 6 nitrogen and oxygen atoms in total. The summed E-state index contributed by atoms with van der Waals surface area (Å²) >= 11 is 0. The predicted octanol–water partition coefficient (Wildman–Crippen LogP) is -1.85. The first-order valence-electron chi connectivity index (χ1n) is 3.45. The predicted molar refractivity (Wildman–Crippen MR) is 59.5 cm³/mol. The minimum atomic E-state index is -0.731. The molecule has 16 heavy (non-hydrogen) atoms. The van der Waals surface area contributed by atoms with Crippen LogP contribution in [-0.2, 0) is 0 Å². The molecule has 0 aromatic rings. The van der Waals surface area contributed by atoms with Crippen LogP contribution in [0.4, 0.5) is 0 Å². The third-order valence-corrected chi connectivity index (χ3v) is 0.556. The van der Waals surface area contributed by atoms with E-state index in [-0.39, 0.29) is 17.4 Å². The zero-order valence-electron chi connectivity index (χ0n) is 8.66. The Bertz CT molecular complexity index is 222. The van der Waals surface area contributed by atoms with E-state index in [0.29, 0.717) is 0 Å². The summed E-state index contributed by atoms with van der Waals surface area (Å²) in [5, 5.41) is 46.3. The molecule has 0 unspecified atom stereocenters. The molecule has 0 saturated heterocycles. The summed E-state index contributed by atoms with van der Waals surface area (Å²) in [5.41, 5.74) is 0. The van der Waals surface area contributed by atoms with E-state index in [4.69, 9.17) is 16.2 Å². The van der Waals surface area contributed by atoms with Crippen LogP contribution in [0.15, 0.2) is 38.0 Å². The van der Waals surface area contributed by atoms with Crippen molar-refractivity contribution < 1.29 is 15.3 Å². The van der Waals surface area contributed by atoms with Crippen LogP contribution >= 0.6 is 0 Å². The van der Waals surface area contributed by atoms with Crippen molar-refractivity contribution in [3.8, 4) is 0 Å². The van der Waals surface area contributed by atoms with E-state index in [1.165, 1.54) is 0 Å². The second-order valence-electron chi connectivity index (χ2n) is 1.71. The fraction of sp³-hybridized carbons (Fsp3) is 0. The first kappa shape index (κ1) is 23.8. The van der Waals surface area contributed by atoms with Crippen LogP contribution in [0.5, 0.6) is 0 Å². The van der Waals surface area contributed by atoms with Crippen molar-refractivity contribution in [3.05, 3.63) is 38.0 Å². The van der Waals surface area contributed by atoms with Crippen molar-refractivity contribution in [1.29, 1.82) is 16.2 Å². The summed E-state index contributed by atoms with van der Waals surface area (Å²) < 4.78 is 0. The maximum absolute atomic E-state index is 9.36. The Labute approximate surface area is 105 Å². The van der Waals surface area contributed by atoms with Crippen molar-refractivity contribution in [2.24, 2.45) is 0 Å². The van der Waals surface area contributed by atoms with Crippen molar-refractivity contribution in [2.75, 3.05) is 0 Å². The average Bonchev–Trinajstić information content (AvgIpc) is 2.19. The molecule has 7 heteroatoms. The van der Waals surface area contributed by atoms with Crippen molar-refractivity contribution in [2.45, 2.75) is 0 Å². The standard InChI is InChI=1S/3C3H5NO.Al/c3*1-2-3(4)5;/h3*2H,1H2,(H2,4,5);/q;;;+3/p-3. The zero-order valence-corrected chi connectivity index (χ0v) is 9.81. The van der Waals surface area contributed by atoms with Gasteiger partial charge in [-0.05, 0) is 17.7 Å². The average molecular weight is 237 g/mol. The molecule has 84 valence electrons. The Kier molecular flexibility index (Phi) is 28.0. The first-order valence-corrected chi connectivity index (χ1v) is 3.45. The van der Waals surface area contributed by atoms with Gasteiger partial charge in [-0.3, -0.25) is 0 Å². The number of hydrogen-bond acceptors (Lipinski definition) is 6. The molecule has 0 radical (unpaired) electrons. The molecule has 0 aliphatic carbocycles. The van der Waals surface area contributed by atoms with Gasteiger partial charge < -0.3 is 31.5 Å². The summed E-state index contributed by atoms with van der Waals surface area (Å²) in [4.78, 5) is 0. The Morgan fingerprint density at radius 1 is 0.688 bits per heavy atom. The Hall–Kier alpha value is -1.84. The smallest absolute Gasteiger partial charge is 0.859 e. The Balaban J connectivity index is -0.0000000655. The van der Waals surface area contributed by atoms with Gasteiger partial charge in [-0.25, -0.2) is 0 Å². The third-order valence-electron chi connectivity index (χ3n) is 0.556. The van der Waals surface area contributed by atoms with E-state index >= 15 is 0 Å². The minimum Gasteiger partial charge on any atom is -0.859 e. The second kappa shape index (κ2) is 18.9. The van der Waals surface area contributed by atoms with Crippen LogP contribution in [-0.4, -0.2) is 35.1 Å². The van der Waals surface area contributed by atoms with Crippen LogP contribution in [0, 0.1) is 16.2 Å². The SMILES string of the molecule is C=CC(=N)[O-].C=CC(=N)[O-].C=CC(=N)[O-].[Al+3]. The van der Waals surface area contributed by atoms with Gasteiger partial charge in [0.25, 0.3) is 0 Å². The summed E-state index contributed by atoms with van der Waals surface area (Å²) in [6.07, 6.45) is 2.83. The normalized spacial score (nSPS) is 6.00. The molecule has 0 aromatic carbocycles. The maximum Gasteiger partial charge on any atom is 3.00 e. The number of rotatable bonds is 3. The first-order chi connectivity index (χ1) is 6.81. The molecule has 0 spiro atoms. The van der Waals surface area contributed by atoms with Gasteiger partial charge in [0.05, 0.1) is 0 Å². The molecule has 0 atom stereocenters. The van der Waals surface area contributed by atoms with Gasteiger partial charge in [-0.1, -0.05) is 38.0 Å². The van der Waals surface area contributed by atoms with Crippen LogP contribution in [0.3, 0.4) is 0 Å². The van der Waals surface area contributed by atoms with Crippen LogP contribution in [0.25, 0.3) is 0 Å². The van der Waals surface area contributed by atoms with Crippen LogP contribution < -0.4 is 15.3 Å². The van der Waals surface area contributed by atoms with Crippen molar-refractivity contribution >= 4 is 35.1 Å². The van der Waals surface area contributed by atoms with E-state index < -0.39 is 17.7 Å². The summed E-state index contributed by atoms with van der Waals surface area (Å²) in [7, 11) is 0. The quantitative estimate of drug-likeness (QED) is 0.301. The summed E-state index contributed by atoms with van der Waals surface area (Å²) in [6, 6.07) is 0. The van der Waals surface area contributed by atoms with Gasteiger partial charge >= 0.3 is 17.4 Å². The molecule has 0 aliphatic rings. The molecular formula is C9H12AlN3O3. The minimum absolute atomic E-state index is 0. The molecule has 0 saturated carbocycles. The number of nitrogens with one attached hydrogen (secondary N) is 3. The van der Waals surface area contributed by atoms with Gasteiger partial charge in [0.1, 0.15) is 0 Å². The molecule has 0 aromatic heterocycles. The molecule has 0 heterocycles. The summed E-state index contributed by atoms with van der Waals surface area (Å²) in [5.74, 6) is -2.19. The zero-order chi connectivity index (χ0) is 12.9. The van der Waals surface area contributed by atoms with E-state index in [9.17, 15) is 15.3 Å². The monoisotopic (exact) mass is 237 g/mol. The van der Waals surface area contributed by atoms with Crippen molar-refractivity contribution in [1.82, 2.24) is 0 Å². The van der Waals surface area contributed by atoms with Crippen LogP contribution in [0.2, 0.25) is 0 Å². The van der Waals surface area contributed by atoms with Gasteiger partial charge in [0, 0.05) is 0 Å². The Morgan fingerprint density at radius 3 is 0.750 bits per heavy atom. The topological polar surface area (TPSA) is 141 Å². The van der Waals surface area contributed by atoms with E-state index in [2.05, 4.69) is 19.7 Å². The molecule has 0 bridgehead atoms. The number of hydrogen-bond donors (Lipinski definition) is 3. The molecule has 0 rings (SSSR count). The van der Waals surface area contributed by atoms with Crippen molar-refractivity contribution in [3.63, 3.8) is 0 Å². The third kappa shape index (κ3) is 87.5. The van der Waals surface area contributed by atoms with E-state index in [1.54, 1.807) is 0 Å². The largest absolute Gasteiger partial charge is 3.00 e. The molecule has 3 N–H and O–H groups in total. The molecule has 0 aliphatic heterocycles. The fourth-order valence-corrected chi connectivity index (χ4v) is 0. The van der Waals surface area contributed by atoms with Gasteiger partial charge in [0.15, 0.2) is 0 Å². The maximum atomic E-state index is 9.36. The molecule has 0 amide bonds.